The lowest BCUT2D eigenvalue weighted by Gasteiger charge is -2.39. The summed E-state index contributed by atoms with van der Waals surface area (Å²) in [7, 11) is 0. The molecule has 0 radical (unpaired) electrons. The molecule has 0 aliphatic carbocycles. The van der Waals surface area contributed by atoms with Gasteiger partial charge < -0.3 is 15.3 Å². The fourth-order valence-corrected chi connectivity index (χ4v) is 4.54. The van der Waals surface area contributed by atoms with Gasteiger partial charge in [0.25, 0.3) is 5.91 Å². The van der Waals surface area contributed by atoms with E-state index in [0.717, 1.165) is 17.1 Å². The number of nitrogens with one attached hydrogen (secondary N) is 1. The van der Waals surface area contributed by atoms with Gasteiger partial charge in [0.1, 0.15) is 10.9 Å². The highest BCUT2D eigenvalue weighted by Gasteiger charge is 2.32. The summed E-state index contributed by atoms with van der Waals surface area (Å²) in [6, 6.07) is 5.09. The molecule has 140 valence electrons. The lowest BCUT2D eigenvalue weighted by Crippen LogP contribution is -2.60. The average Bonchev–Trinajstić information content (AvgIpc) is 3.19. The summed E-state index contributed by atoms with van der Waals surface area (Å²) in [5, 5.41) is 13.5. The zero-order valence-electron chi connectivity index (χ0n) is 14.5. The van der Waals surface area contributed by atoms with Crippen LogP contribution in [0.1, 0.15) is 30.1 Å². The maximum Gasteiger partial charge on any atom is 0.337 e. The first-order valence-electron chi connectivity index (χ1n) is 8.60. The second kappa shape index (κ2) is 6.94. The summed E-state index contributed by atoms with van der Waals surface area (Å²) in [6.45, 7) is 3.25. The third-order valence-corrected chi connectivity index (χ3v) is 6.23. The van der Waals surface area contributed by atoms with Crippen LogP contribution in [0.2, 0.25) is 0 Å². The van der Waals surface area contributed by atoms with Crippen molar-refractivity contribution < 1.29 is 14.7 Å². The Morgan fingerprint density at radius 2 is 2.19 bits per heavy atom. The molecule has 0 atom stereocenters. The molecule has 3 heterocycles. The molecule has 9 heteroatoms. The molecule has 27 heavy (non-hydrogen) atoms. The van der Waals surface area contributed by atoms with Gasteiger partial charge in [-0.3, -0.25) is 4.79 Å². The summed E-state index contributed by atoms with van der Waals surface area (Å²) in [5.74, 6) is -1.14. The summed E-state index contributed by atoms with van der Waals surface area (Å²) >= 11 is 7.39. The molecule has 0 saturated carbocycles. The van der Waals surface area contributed by atoms with Gasteiger partial charge >= 0.3 is 5.97 Å². The number of aliphatic imine (C=N–C) groups is 1. The first-order valence-corrected chi connectivity index (χ1v) is 9.79. The van der Waals surface area contributed by atoms with E-state index in [0.29, 0.717) is 40.6 Å². The smallest absolute Gasteiger partial charge is 0.337 e. The minimum Gasteiger partial charge on any atom is -0.478 e. The molecule has 2 aromatic rings. The number of halogens is 1. The third kappa shape index (κ3) is 3.30. The second-order valence-electron chi connectivity index (χ2n) is 6.51. The normalized spacial score (nSPS) is 17.3. The van der Waals surface area contributed by atoms with Crippen molar-refractivity contribution in [1.82, 2.24) is 10.3 Å². The highest BCUT2D eigenvalue weighted by molar-refractivity contribution is 7.22. The van der Waals surface area contributed by atoms with Crippen LogP contribution in [-0.2, 0) is 4.79 Å². The van der Waals surface area contributed by atoms with Crippen LogP contribution in [0.25, 0.3) is 10.2 Å². The number of amides is 1. The minimum atomic E-state index is -0.958. The maximum absolute atomic E-state index is 12.3. The number of hydrogen-bond acceptors (Lipinski definition) is 6. The van der Waals surface area contributed by atoms with Gasteiger partial charge in [0.05, 0.1) is 21.8 Å². The molecule has 2 aliphatic rings. The second-order valence-corrected chi connectivity index (χ2v) is 7.85. The Balaban J connectivity index is 1.38. The van der Waals surface area contributed by atoms with Gasteiger partial charge in [-0.1, -0.05) is 35.9 Å². The monoisotopic (exact) mass is 404 g/mol. The van der Waals surface area contributed by atoms with Gasteiger partial charge in [0.15, 0.2) is 5.13 Å². The number of carboxylic acids is 1. The van der Waals surface area contributed by atoms with Crippen molar-refractivity contribution in [3.8, 4) is 0 Å². The Hall–Kier alpha value is -2.45. The summed E-state index contributed by atoms with van der Waals surface area (Å²) in [5.41, 5.74) is 2.38. The number of benzene rings is 1. The van der Waals surface area contributed by atoms with Crippen molar-refractivity contribution in [1.29, 1.82) is 0 Å². The van der Waals surface area contributed by atoms with Crippen molar-refractivity contribution in [2.75, 3.05) is 18.0 Å². The number of aromatic nitrogens is 1. The Kier molecular flexibility index (Phi) is 4.61. The number of fused-ring (bicyclic) bond motifs is 1. The number of nitrogens with zero attached hydrogens (tertiary/aromatic N) is 3. The van der Waals surface area contributed by atoms with Crippen LogP contribution >= 0.6 is 22.9 Å². The first kappa shape index (κ1) is 17.9. The molecule has 4 rings (SSSR count). The number of hydrogen-bond donors (Lipinski definition) is 2. The molecular formula is C18H17ClN4O3S. The van der Waals surface area contributed by atoms with E-state index in [9.17, 15) is 14.7 Å². The van der Waals surface area contributed by atoms with Gasteiger partial charge in [-0.05, 0) is 24.1 Å². The van der Waals surface area contributed by atoms with E-state index >= 15 is 0 Å². The van der Waals surface area contributed by atoms with Gasteiger partial charge in [-0.25, -0.2) is 14.8 Å². The largest absolute Gasteiger partial charge is 0.478 e. The maximum atomic E-state index is 12.3. The zero-order chi connectivity index (χ0) is 19.1. The molecule has 1 fully saturated rings. The predicted molar refractivity (Wildman–Crippen MR) is 106 cm³/mol. The summed E-state index contributed by atoms with van der Waals surface area (Å²) in [6.07, 6.45) is 1.29. The predicted octanol–water partition coefficient (Wildman–Crippen LogP) is 3.00. The molecule has 1 amide bonds. The van der Waals surface area contributed by atoms with Gasteiger partial charge in [-0.2, -0.15) is 0 Å². The lowest BCUT2D eigenvalue weighted by atomic mass is 10.1. The van der Waals surface area contributed by atoms with Crippen LogP contribution < -0.4 is 10.2 Å². The van der Waals surface area contributed by atoms with Gasteiger partial charge in [0.2, 0.25) is 0 Å². The molecule has 2 aliphatic heterocycles. The topological polar surface area (TPSA) is 94.9 Å². The fraction of sp³-hybridized carbons (Fsp3) is 0.333. The molecule has 2 N–H and O–H groups in total. The summed E-state index contributed by atoms with van der Waals surface area (Å²) < 4.78 is 0.667. The van der Waals surface area contributed by atoms with E-state index in [1.165, 1.54) is 11.3 Å². The SMILES string of the molecule is CCC1=C(Cl)N=C(C(=O)NC2CN(c3nc4cccc(C(=O)O)c4s3)C2)C1. The van der Waals surface area contributed by atoms with Crippen molar-refractivity contribution in [2.24, 2.45) is 4.99 Å². The third-order valence-electron chi connectivity index (χ3n) is 4.72. The van der Waals surface area contributed by atoms with Crippen LogP contribution in [-0.4, -0.2) is 46.8 Å². The Morgan fingerprint density at radius 1 is 1.41 bits per heavy atom. The number of rotatable bonds is 5. The van der Waals surface area contributed by atoms with Crippen molar-refractivity contribution in [3.63, 3.8) is 0 Å². The number of thiazole rings is 1. The van der Waals surface area contributed by atoms with Crippen LogP contribution in [0.15, 0.2) is 33.9 Å². The van der Waals surface area contributed by atoms with Crippen LogP contribution in [0.4, 0.5) is 5.13 Å². The van der Waals surface area contributed by atoms with E-state index in [2.05, 4.69) is 15.3 Å². The number of carboxylic acid groups (broad SMARTS) is 1. The molecule has 7 nitrogen and oxygen atoms in total. The number of anilines is 1. The standard InChI is InChI=1S/C18H17ClN4O3S/c1-2-9-6-13(21-15(9)19)16(24)20-10-7-23(8-10)18-22-12-5-3-4-11(17(25)26)14(12)27-18/h3-5,10H,2,6-8H2,1H3,(H,20,24)(H,25,26). The van der Waals surface area contributed by atoms with Crippen LogP contribution in [0, 0.1) is 0 Å². The number of allylic oxidation sites excluding steroid dienone is 1. The molecule has 0 bridgehead atoms. The van der Waals surface area contributed by atoms with Gasteiger partial charge in [0, 0.05) is 19.5 Å². The Morgan fingerprint density at radius 3 is 2.85 bits per heavy atom. The molecule has 0 unspecified atom stereocenters. The number of aromatic carboxylic acids is 1. The molecule has 1 saturated heterocycles. The van der Waals surface area contributed by atoms with Crippen LogP contribution in [0.3, 0.4) is 0 Å². The van der Waals surface area contributed by atoms with Gasteiger partial charge in [-0.15, -0.1) is 0 Å². The number of carbonyl (C=O) groups excluding carboxylic acids is 1. The summed E-state index contributed by atoms with van der Waals surface area (Å²) in [4.78, 5) is 34.4. The molecule has 1 aromatic carbocycles. The fourth-order valence-electron chi connectivity index (χ4n) is 3.15. The molecule has 0 spiro atoms. The van der Waals surface area contributed by atoms with Crippen molar-refractivity contribution in [2.45, 2.75) is 25.8 Å². The highest BCUT2D eigenvalue weighted by Crippen LogP contribution is 2.33. The van der Waals surface area contributed by atoms with Crippen molar-refractivity contribution in [3.05, 3.63) is 34.5 Å². The van der Waals surface area contributed by atoms with E-state index in [1.54, 1.807) is 18.2 Å². The van der Waals surface area contributed by atoms with E-state index in [-0.39, 0.29) is 17.5 Å². The van der Waals surface area contributed by atoms with E-state index in [4.69, 9.17) is 11.6 Å². The average molecular weight is 405 g/mol. The minimum absolute atomic E-state index is 0.00982. The Bertz CT molecular complexity index is 1010. The quantitative estimate of drug-likeness (QED) is 0.747. The lowest BCUT2D eigenvalue weighted by molar-refractivity contribution is -0.115. The van der Waals surface area contributed by atoms with E-state index < -0.39 is 5.97 Å². The van der Waals surface area contributed by atoms with Crippen molar-refractivity contribution >= 4 is 55.9 Å². The molecule has 1 aromatic heterocycles. The first-order chi connectivity index (χ1) is 13.0. The highest BCUT2D eigenvalue weighted by atomic mass is 35.5. The zero-order valence-corrected chi connectivity index (χ0v) is 16.1. The Labute approximate surface area is 164 Å². The van der Waals surface area contributed by atoms with Crippen LogP contribution in [0.5, 0.6) is 0 Å². The number of carbonyl (C=O) groups is 2. The van der Waals surface area contributed by atoms with E-state index in [1.807, 2.05) is 11.8 Å². The molecular weight excluding hydrogens is 388 g/mol.